The number of piperazine rings is 1. The van der Waals surface area contributed by atoms with E-state index in [-0.39, 0.29) is 71.1 Å². The highest BCUT2D eigenvalue weighted by molar-refractivity contribution is 6.53. The molecule has 0 bridgehead atoms. The Bertz CT molecular complexity index is 1910. The fourth-order valence-electron chi connectivity index (χ4n) is 5.75. The van der Waals surface area contributed by atoms with Crippen LogP contribution >= 0.6 is 58.0 Å². The number of benzene rings is 1. The van der Waals surface area contributed by atoms with Crippen LogP contribution in [-0.4, -0.2) is 52.6 Å². The van der Waals surface area contributed by atoms with Gasteiger partial charge in [-0.25, -0.2) is 4.98 Å². The molecule has 5 rings (SSSR count). The van der Waals surface area contributed by atoms with Gasteiger partial charge in [0.15, 0.2) is 0 Å². The zero-order valence-corrected chi connectivity index (χ0v) is 28.3. The van der Waals surface area contributed by atoms with Crippen LogP contribution in [-0.2, 0) is 4.79 Å². The first-order valence-electron chi connectivity index (χ1n) is 13.9. The number of hydrogen-bond donors (Lipinski definition) is 2. The second-order valence-electron chi connectivity index (χ2n) is 11.0. The van der Waals surface area contributed by atoms with E-state index in [9.17, 15) is 14.9 Å². The summed E-state index contributed by atoms with van der Waals surface area (Å²) in [6, 6.07) is 3.48. The summed E-state index contributed by atoms with van der Waals surface area (Å²) in [6.45, 7) is 10.9. The fourth-order valence-corrected chi connectivity index (χ4v) is 7.08. The summed E-state index contributed by atoms with van der Waals surface area (Å²) in [5, 5.41) is 14.3. The van der Waals surface area contributed by atoms with E-state index in [2.05, 4.69) is 18.0 Å². The molecule has 14 heteroatoms. The molecule has 234 valence electrons. The summed E-state index contributed by atoms with van der Waals surface area (Å²) in [5.41, 5.74) is 7.78. The van der Waals surface area contributed by atoms with Crippen LogP contribution in [0.1, 0.15) is 26.3 Å². The summed E-state index contributed by atoms with van der Waals surface area (Å²) >= 11 is 32.9. The Morgan fingerprint density at radius 2 is 1.80 bits per heavy atom. The third kappa shape index (κ3) is 5.53. The maximum atomic E-state index is 14.5. The van der Waals surface area contributed by atoms with E-state index < -0.39 is 5.56 Å². The summed E-state index contributed by atoms with van der Waals surface area (Å²) in [6.07, 6.45) is 4.94. The molecule has 2 aromatic heterocycles. The van der Waals surface area contributed by atoms with Gasteiger partial charge in [-0.3, -0.25) is 14.2 Å². The number of rotatable bonds is 5. The van der Waals surface area contributed by atoms with Gasteiger partial charge < -0.3 is 20.9 Å². The van der Waals surface area contributed by atoms with E-state index in [1.165, 1.54) is 10.6 Å². The number of carbonyl (C=O) groups excluding carboxylic acids is 1. The molecule has 1 amide bonds. The molecule has 0 saturated carbocycles. The number of anilines is 2. The molecule has 2 aliphatic rings. The molecule has 1 aromatic carbocycles. The van der Waals surface area contributed by atoms with Crippen LogP contribution in [0.5, 0.6) is 0 Å². The van der Waals surface area contributed by atoms with Crippen molar-refractivity contribution < 1.29 is 4.79 Å². The average molecular weight is 708 g/mol. The lowest BCUT2D eigenvalue weighted by atomic mass is 9.94. The van der Waals surface area contributed by atoms with Crippen molar-refractivity contribution >= 4 is 92.0 Å². The Morgan fingerprint density at radius 3 is 2.40 bits per heavy atom. The second-order valence-corrected chi connectivity index (χ2v) is 12.9. The fraction of sp³-hybridized carbons (Fsp3) is 0.290. The van der Waals surface area contributed by atoms with Crippen LogP contribution in [0, 0.1) is 17.2 Å². The molecule has 1 fully saturated rings. The van der Waals surface area contributed by atoms with Gasteiger partial charge >= 0.3 is 0 Å². The number of halogens is 5. The van der Waals surface area contributed by atoms with Gasteiger partial charge in [0.25, 0.3) is 5.56 Å². The number of dihydropyridines is 1. The largest absolute Gasteiger partial charge is 0.396 e. The molecular weight excluding hydrogens is 680 g/mol. The Morgan fingerprint density at radius 1 is 1.13 bits per heavy atom. The molecule has 0 radical (unpaired) electrons. The van der Waals surface area contributed by atoms with Crippen LogP contribution in [0.2, 0.25) is 25.1 Å². The monoisotopic (exact) mass is 705 g/mol. The predicted octanol–water partition coefficient (Wildman–Crippen LogP) is 6.99. The van der Waals surface area contributed by atoms with E-state index in [1.807, 2.05) is 37.9 Å². The molecule has 1 saturated heterocycles. The number of aromatic nitrogens is 2. The van der Waals surface area contributed by atoms with E-state index in [4.69, 9.17) is 68.7 Å². The van der Waals surface area contributed by atoms with Crippen molar-refractivity contribution in [2.45, 2.75) is 26.8 Å². The topological polar surface area (TPSA) is 120 Å². The summed E-state index contributed by atoms with van der Waals surface area (Å²) < 4.78 is 1.45. The van der Waals surface area contributed by atoms with Gasteiger partial charge in [0.05, 0.1) is 53.9 Å². The Labute approximate surface area is 285 Å². The highest BCUT2D eigenvalue weighted by Gasteiger charge is 2.32. The maximum Gasteiger partial charge on any atom is 0.276 e. The highest BCUT2D eigenvalue weighted by Crippen LogP contribution is 2.49. The Kier molecular flexibility index (Phi) is 9.37. The number of hydrogen-bond acceptors (Lipinski definition) is 7. The van der Waals surface area contributed by atoms with E-state index >= 15 is 0 Å². The average Bonchev–Trinajstić information content (AvgIpc) is 3.02. The first-order valence-corrected chi connectivity index (χ1v) is 15.8. The first-order chi connectivity index (χ1) is 21.3. The number of nitrogen functional groups attached to an aromatic ring is 1. The maximum absolute atomic E-state index is 14.5. The number of amides is 1. The van der Waals surface area contributed by atoms with Crippen molar-refractivity contribution in [3.8, 4) is 17.3 Å². The van der Waals surface area contributed by atoms with Crippen LogP contribution < -0.4 is 21.5 Å². The predicted molar refractivity (Wildman–Crippen MR) is 184 cm³/mol. The van der Waals surface area contributed by atoms with Crippen LogP contribution in [0.15, 0.2) is 41.4 Å². The van der Waals surface area contributed by atoms with E-state index in [0.717, 1.165) is 5.57 Å². The molecule has 0 spiro atoms. The zero-order chi connectivity index (χ0) is 32.9. The highest BCUT2D eigenvalue weighted by atomic mass is 35.5. The lowest BCUT2D eigenvalue weighted by molar-refractivity contribution is -0.126. The zero-order valence-electron chi connectivity index (χ0n) is 24.5. The second kappa shape index (κ2) is 12.8. The third-order valence-corrected chi connectivity index (χ3v) is 10.0. The van der Waals surface area contributed by atoms with Crippen molar-refractivity contribution in [2.75, 3.05) is 36.8 Å². The number of nitrogens with zero attached hydrogens (tertiary/aromatic N) is 5. The lowest BCUT2D eigenvalue weighted by Crippen LogP contribution is -2.49. The minimum Gasteiger partial charge on any atom is -0.396 e. The number of allylic oxidation sites excluding steroid dienone is 2. The number of nitrogens with one attached hydrogen (secondary N) is 1. The minimum atomic E-state index is -0.562. The summed E-state index contributed by atoms with van der Waals surface area (Å²) in [5.74, 6) is -0.146. The summed E-state index contributed by atoms with van der Waals surface area (Å²) in [7, 11) is 0. The minimum absolute atomic E-state index is 0.00774. The van der Waals surface area contributed by atoms with Gasteiger partial charge in [-0.15, -0.1) is 0 Å². The van der Waals surface area contributed by atoms with Crippen molar-refractivity contribution in [1.82, 2.24) is 19.8 Å². The van der Waals surface area contributed by atoms with Gasteiger partial charge in [-0.05, 0) is 42.8 Å². The SMILES string of the molecule is C=CC(=O)N1CCN(c2c(C#N)c(=O)n(C3=C(C)C=CN[C@@H]3C(C)C)c3nc(-c4c(Cl)c(N)c(Cl)c(Cl)c4Cl)c(Cl)cc23)CC1. The smallest absolute Gasteiger partial charge is 0.276 e. The number of fused-ring (bicyclic) bond motifs is 1. The van der Waals surface area contributed by atoms with Crippen LogP contribution in [0.25, 0.3) is 28.0 Å². The van der Waals surface area contributed by atoms with Crippen molar-refractivity contribution in [3.05, 3.63) is 77.6 Å². The molecule has 3 N–H and O–H groups in total. The third-order valence-electron chi connectivity index (χ3n) is 8.02. The molecule has 1 atom stereocenters. The van der Waals surface area contributed by atoms with Crippen LogP contribution in [0.4, 0.5) is 11.4 Å². The van der Waals surface area contributed by atoms with E-state index in [1.54, 1.807) is 11.0 Å². The Hall–Kier alpha value is -3.39. The first kappa shape index (κ1) is 33.0. The molecule has 9 nitrogen and oxygen atoms in total. The van der Waals surface area contributed by atoms with Crippen LogP contribution in [0.3, 0.4) is 0 Å². The molecule has 0 unspecified atom stereocenters. The standard InChI is InChI=1S/C31H28Cl5N7O2/c1-5-19(44)41-8-10-42(11-9-41)29-16-12-18(32)27(20-21(33)23(35)24(36)25(38)22(20)34)40-30(16)43(31(45)17(29)13-37)28-15(4)6-7-39-26(28)14(2)3/h5-7,12,14,26,39H,1,8-11,38H2,2-4H3/t26-/m1/s1. The molecule has 3 aromatic rings. The Balaban J connectivity index is 1.90. The molecule has 45 heavy (non-hydrogen) atoms. The lowest BCUT2D eigenvalue weighted by Gasteiger charge is -2.37. The molecule has 4 heterocycles. The van der Waals surface area contributed by atoms with E-state index in [0.29, 0.717) is 42.9 Å². The van der Waals surface area contributed by atoms with Gasteiger partial charge in [0.2, 0.25) is 5.91 Å². The molecular formula is C31H28Cl5N7O2. The number of carbonyl (C=O) groups is 1. The number of pyridine rings is 2. The number of nitriles is 1. The van der Waals surface area contributed by atoms with Crippen molar-refractivity contribution in [3.63, 3.8) is 0 Å². The van der Waals surface area contributed by atoms with Gasteiger partial charge in [0, 0.05) is 37.1 Å². The normalized spacial score (nSPS) is 16.8. The molecule has 2 aliphatic heterocycles. The van der Waals surface area contributed by atoms with Gasteiger partial charge in [-0.2, -0.15) is 5.26 Å². The van der Waals surface area contributed by atoms with Crippen molar-refractivity contribution in [2.24, 2.45) is 5.92 Å². The summed E-state index contributed by atoms with van der Waals surface area (Å²) in [4.78, 5) is 35.3. The number of nitrogens with two attached hydrogens (primary N) is 1. The van der Waals surface area contributed by atoms with Gasteiger partial charge in [0.1, 0.15) is 17.3 Å². The van der Waals surface area contributed by atoms with Crippen molar-refractivity contribution in [1.29, 1.82) is 5.26 Å². The quantitative estimate of drug-likeness (QED) is 0.127. The molecule has 0 aliphatic carbocycles. The van der Waals surface area contributed by atoms with Gasteiger partial charge in [-0.1, -0.05) is 78.4 Å².